The Morgan fingerprint density at radius 1 is 0.316 bits per heavy atom. The summed E-state index contributed by atoms with van der Waals surface area (Å²) < 4.78 is 2.40. The minimum Gasteiger partial charge on any atom is -0.309 e. The molecule has 0 N–H and O–H groups in total. The summed E-state index contributed by atoms with van der Waals surface area (Å²) in [4.78, 5) is 3.70. The van der Waals surface area contributed by atoms with Gasteiger partial charge in [0.1, 0.15) is 0 Å². The molecule has 0 aliphatic heterocycles. The molecule has 0 bridgehead atoms. The lowest BCUT2D eigenvalue weighted by Gasteiger charge is -2.19. The van der Waals surface area contributed by atoms with Gasteiger partial charge in [0, 0.05) is 16.5 Å². The molecule has 260 valence electrons. The molecule has 0 unspecified atom stereocenters. The summed E-state index contributed by atoms with van der Waals surface area (Å²) in [7, 11) is 0. The zero-order chi connectivity index (χ0) is 37.4. The Morgan fingerprint density at radius 2 is 0.842 bits per heavy atom. The van der Waals surface area contributed by atoms with E-state index in [1.807, 2.05) is 12.1 Å². The fourth-order valence-electron chi connectivity index (χ4n) is 10.5. The van der Waals surface area contributed by atoms with E-state index in [9.17, 15) is 0 Å². The molecule has 0 spiro atoms. The molecule has 0 saturated carbocycles. The van der Waals surface area contributed by atoms with E-state index in [1.165, 1.54) is 108 Å². The second-order valence-corrected chi connectivity index (χ2v) is 15.4. The summed E-state index contributed by atoms with van der Waals surface area (Å²) in [6.45, 7) is 7.62. The maximum absolute atomic E-state index is 7.62. The number of nitrogens with zero attached hydrogens (tertiary/aromatic N) is 2. The molecule has 13 aromatic rings. The first kappa shape index (κ1) is 30.6. The van der Waals surface area contributed by atoms with Gasteiger partial charge in [-0.3, -0.25) is 0 Å². The summed E-state index contributed by atoms with van der Waals surface area (Å²) >= 11 is 0. The van der Waals surface area contributed by atoms with Crippen LogP contribution < -0.4 is 0 Å². The molecule has 0 aliphatic carbocycles. The maximum atomic E-state index is 7.62. The van der Waals surface area contributed by atoms with E-state index in [0.29, 0.717) is 5.69 Å². The normalized spacial score (nSPS) is 12.2. The summed E-state index contributed by atoms with van der Waals surface area (Å²) in [5.74, 6) is 0. The average Bonchev–Trinajstić information content (AvgIpc) is 3.91. The highest BCUT2D eigenvalue weighted by molar-refractivity contribution is 6.46. The van der Waals surface area contributed by atoms with E-state index in [1.54, 1.807) is 0 Å². The fraction of sp³-hybridized carbons (Fsp3) is 0. The number of para-hydroxylation sites is 1. The van der Waals surface area contributed by atoms with Crippen molar-refractivity contribution in [3.63, 3.8) is 0 Å². The summed E-state index contributed by atoms with van der Waals surface area (Å²) in [5, 5.41) is 20.6. The van der Waals surface area contributed by atoms with Gasteiger partial charge in [0.15, 0.2) is 5.69 Å². The van der Waals surface area contributed by atoms with Crippen LogP contribution in [0.1, 0.15) is 0 Å². The SMILES string of the molecule is [C-]#[N+]c1ccc(-n2c3ccccc3c3c4cccc5c6c(-c7ccccc7)c7c(cc8c9ccccc9c9cccc7c98)c(-c7ccccc7)c6c(cc32)c54)cc1. The van der Waals surface area contributed by atoms with Crippen molar-refractivity contribution in [2.45, 2.75) is 0 Å². The zero-order valence-electron chi connectivity index (χ0n) is 30.7. The van der Waals surface area contributed by atoms with Crippen LogP contribution in [-0.4, -0.2) is 4.57 Å². The van der Waals surface area contributed by atoms with Gasteiger partial charge in [-0.15, -0.1) is 0 Å². The fourth-order valence-corrected chi connectivity index (χ4v) is 10.5. The molecule has 0 aliphatic rings. The monoisotopic (exact) mass is 718 g/mol. The molecule has 0 saturated heterocycles. The lowest BCUT2D eigenvalue weighted by Crippen LogP contribution is -1.93. The number of hydrogen-bond donors (Lipinski definition) is 0. The Labute approximate surface area is 327 Å². The van der Waals surface area contributed by atoms with Crippen LogP contribution in [-0.2, 0) is 0 Å². The Balaban J connectivity index is 1.35. The molecule has 13 rings (SSSR count). The lowest BCUT2D eigenvalue weighted by molar-refractivity contribution is 1.18. The van der Waals surface area contributed by atoms with Gasteiger partial charge < -0.3 is 4.57 Å². The predicted molar refractivity (Wildman–Crippen MR) is 243 cm³/mol. The van der Waals surface area contributed by atoms with Gasteiger partial charge in [0.25, 0.3) is 0 Å². The smallest absolute Gasteiger partial charge is 0.187 e. The lowest BCUT2D eigenvalue weighted by atomic mass is 9.84. The van der Waals surface area contributed by atoms with Gasteiger partial charge in [-0.05, 0) is 128 Å². The minimum absolute atomic E-state index is 0.639. The van der Waals surface area contributed by atoms with Crippen molar-refractivity contribution in [3.05, 3.63) is 193 Å². The van der Waals surface area contributed by atoms with E-state index in [-0.39, 0.29) is 0 Å². The van der Waals surface area contributed by atoms with Crippen molar-refractivity contribution >= 4 is 103 Å². The van der Waals surface area contributed by atoms with E-state index in [4.69, 9.17) is 6.57 Å². The van der Waals surface area contributed by atoms with Crippen LogP contribution in [0, 0.1) is 6.57 Å². The molecule has 0 atom stereocenters. The van der Waals surface area contributed by atoms with Crippen molar-refractivity contribution in [2.24, 2.45) is 0 Å². The molecule has 2 nitrogen and oxygen atoms in total. The second-order valence-electron chi connectivity index (χ2n) is 15.4. The molecule has 57 heavy (non-hydrogen) atoms. The molecule has 0 amide bonds. The van der Waals surface area contributed by atoms with E-state index in [2.05, 4.69) is 179 Å². The zero-order valence-corrected chi connectivity index (χ0v) is 30.7. The first-order chi connectivity index (χ1) is 28.3. The van der Waals surface area contributed by atoms with Gasteiger partial charge in [-0.25, -0.2) is 4.85 Å². The van der Waals surface area contributed by atoms with Crippen molar-refractivity contribution in [2.75, 3.05) is 0 Å². The minimum atomic E-state index is 0.639. The van der Waals surface area contributed by atoms with Crippen LogP contribution in [0.3, 0.4) is 0 Å². The van der Waals surface area contributed by atoms with Crippen molar-refractivity contribution in [1.82, 2.24) is 4.57 Å². The quantitative estimate of drug-likeness (QED) is 0.127. The highest BCUT2D eigenvalue weighted by Gasteiger charge is 2.28. The molecule has 0 radical (unpaired) electrons. The molecular formula is C55H30N2. The second kappa shape index (κ2) is 11.2. The average molecular weight is 719 g/mol. The molecular weight excluding hydrogens is 689 g/mol. The van der Waals surface area contributed by atoms with E-state index < -0.39 is 0 Å². The number of fused-ring (bicyclic) bond motifs is 12. The summed E-state index contributed by atoms with van der Waals surface area (Å²) in [6, 6.07) is 66.7. The van der Waals surface area contributed by atoms with Crippen molar-refractivity contribution in [1.29, 1.82) is 0 Å². The van der Waals surface area contributed by atoms with Crippen LogP contribution in [0.25, 0.3) is 130 Å². The van der Waals surface area contributed by atoms with Crippen LogP contribution in [0.5, 0.6) is 0 Å². The topological polar surface area (TPSA) is 9.29 Å². The Bertz CT molecular complexity index is 3830. The number of benzene rings is 10. The molecule has 12 aromatic carbocycles. The van der Waals surface area contributed by atoms with Crippen LogP contribution in [0.4, 0.5) is 5.69 Å². The molecule has 0 fully saturated rings. The summed E-state index contributed by atoms with van der Waals surface area (Å²) in [5.41, 5.74) is 9.00. The third kappa shape index (κ3) is 3.92. The Morgan fingerprint density at radius 3 is 1.54 bits per heavy atom. The molecule has 2 heteroatoms. The number of aromatic nitrogens is 1. The maximum Gasteiger partial charge on any atom is 0.187 e. The third-order valence-electron chi connectivity index (χ3n) is 12.6. The number of hydrogen-bond acceptors (Lipinski definition) is 0. The van der Waals surface area contributed by atoms with Crippen molar-refractivity contribution < 1.29 is 0 Å². The molecule has 1 aromatic heterocycles. The third-order valence-corrected chi connectivity index (χ3v) is 12.6. The highest BCUT2D eigenvalue weighted by Crippen LogP contribution is 2.55. The van der Waals surface area contributed by atoms with E-state index in [0.717, 1.165) is 16.7 Å². The summed E-state index contributed by atoms with van der Waals surface area (Å²) in [6.07, 6.45) is 0. The van der Waals surface area contributed by atoms with Crippen LogP contribution in [0.15, 0.2) is 182 Å². The van der Waals surface area contributed by atoms with Crippen molar-refractivity contribution in [3.8, 4) is 27.9 Å². The predicted octanol–water partition coefficient (Wildman–Crippen LogP) is 15.6. The van der Waals surface area contributed by atoms with Gasteiger partial charge in [0.2, 0.25) is 0 Å². The Hall–Kier alpha value is -7.73. The molecule has 1 heterocycles. The largest absolute Gasteiger partial charge is 0.309 e. The van der Waals surface area contributed by atoms with Gasteiger partial charge >= 0.3 is 0 Å². The number of rotatable bonds is 3. The Kier molecular flexibility index (Phi) is 5.99. The van der Waals surface area contributed by atoms with Crippen LogP contribution in [0.2, 0.25) is 0 Å². The first-order valence-electron chi connectivity index (χ1n) is 19.6. The van der Waals surface area contributed by atoms with Gasteiger partial charge in [-0.2, -0.15) is 0 Å². The first-order valence-corrected chi connectivity index (χ1v) is 19.6. The van der Waals surface area contributed by atoms with E-state index >= 15 is 0 Å². The van der Waals surface area contributed by atoms with Gasteiger partial charge in [0.05, 0.1) is 17.6 Å². The highest BCUT2D eigenvalue weighted by atomic mass is 15.0. The van der Waals surface area contributed by atoms with Crippen LogP contribution >= 0.6 is 0 Å². The standard InChI is InChI=1S/C55H30N2/c1-56-34-26-28-35(29-27-34)57-46-25-11-10-20-39(46)52-40-22-13-24-42-51(40)45(31-47(52)57)55-48(32-14-4-2-5-15-32)44-30-43-37-19-9-8-18-36(37)38-21-12-23-41(50(38)43)53(44)49(54(42)55)33-16-6-3-7-17-33/h2-31H. The van der Waals surface area contributed by atoms with Gasteiger partial charge in [-0.1, -0.05) is 152 Å².